The molecular weight excluding hydrogens is 399 g/mol. The van der Waals surface area contributed by atoms with E-state index < -0.39 is 11.9 Å². The molecule has 3 rings (SSSR count). The number of hydrogen-bond acceptors (Lipinski definition) is 4. The minimum atomic E-state index is -0.675. The van der Waals surface area contributed by atoms with Gasteiger partial charge in [0.2, 0.25) is 11.8 Å². The molecule has 1 aliphatic rings. The van der Waals surface area contributed by atoms with Gasteiger partial charge in [0, 0.05) is 18.7 Å². The molecule has 0 aliphatic carbocycles. The number of rotatable bonds is 3. The maximum Gasteiger partial charge on any atom is 0.365 e. The van der Waals surface area contributed by atoms with Gasteiger partial charge in [-0.2, -0.15) is 0 Å². The largest absolute Gasteiger partial charge is 0.402 e. The lowest BCUT2D eigenvalue weighted by Crippen LogP contribution is -2.23. The smallest absolute Gasteiger partial charge is 0.365 e. The minimum absolute atomic E-state index is 0.0406. The molecule has 0 saturated carbocycles. The van der Waals surface area contributed by atoms with Crippen LogP contribution in [0.2, 0.25) is 15.1 Å². The number of carbonyl (C=O) groups is 2. The van der Waals surface area contributed by atoms with Crippen LogP contribution in [-0.4, -0.2) is 17.8 Å². The molecule has 0 aromatic heterocycles. The van der Waals surface area contributed by atoms with E-state index in [0.717, 1.165) is 0 Å². The standard InChI is InChI=1S/C18H11Cl3N2O3/c1-10(24)23(16-8-13(20)12(19)7-14(16)21)9-15-18(25)26-17(22-15)11-5-3-2-4-6-11/h2-9H,1H3. The maximum atomic E-state index is 12.1. The highest BCUT2D eigenvalue weighted by Crippen LogP contribution is 2.35. The van der Waals surface area contributed by atoms with Crippen molar-refractivity contribution in [2.45, 2.75) is 6.92 Å². The van der Waals surface area contributed by atoms with Gasteiger partial charge in [0.25, 0.3) is 0 Å². The zero-order chi connectivity index (χ0) is 18.8. The van der Waals surface area contributed by atoms with Crippen LogP contribution in [0.15, 0.2) is 59.4 Å². The summed E-state index contributed by atoms with van der Waals surface area (Å²) in [4.78, 5) is 29.5. The Morgan fingerprint density at radius 3 is 2.38 bits per heavy atom. The van der Waals surface area contributed by atoms with Crippen molar-refractivity contribution in [1.82, 2.24) is 0 Å². The summed E-state index contributed by atoms with van der Waals surface area (Å²) in [6.07, 6.45) is 1.26. The van der Waals surface area contributed by atoms with Crippen LogP contribution < -0.4 is 4.90 Å². The number of cyclic esters (lactones) is 1. The molecule has 0 fully saturated rings. The minimum Gasteiger partial charge on any atom is -0.402 e. The quantitative estimate of drug-likeness (QED) is 0.414. The van der Waals surface area contributed by atoms with E-state index in [9.17, 15) is 9.59 Å². The van der Waals surface area contributed by atoms with Crippen molar-refractivity contribution < 1.29 is 14.3 Å². The average molecular weight is 410 g/mol. The van der Waals surface area contributed by atoms with Crippen molar-refractivity contribution in [3.05, 3.63) is 75.0 Å². The summed E-state index contributed by atoms with van der Waals surface area (Å²) in [5.74, 6) is -0.911. The van der Waals surface area contributed by atoms with Gasteiger partial charge < -0.3 is 4.74 Å². The molecule has 1 aliphatic heterocycles. The summed E-state index contributed by atoms with van der Waals surface area (Å²) in [7, 11) is 0. The van der Waals surface area contributed by atoms with Gasteiger partial charge in [0.05, 0.1) is 20.8 Å². The van der Waals surface area contributed by atoms with Crippen LogP contribution in [0, 0.1) is 0 Å². The Balaban J connectivity index is 2.02. The number of anilines is 1. The normalized spacial score (nSPS) is 15.0. The second kappa shape index (κ2) is 7.50. The number of amides is 1. The zero-order valence-electron chi connectivity index (χ0n) is 13.4. The molecule has 26 heavy (non-hydrogen) atoms. The van der Waals surface area contributed by atoms with Gasteiger partial charge in [-0.25, -0.2) is 9.79 Å². The Morgan fingerprint density at radius 2 is 1.73 bits per heavy atom. The van der Waals surface area contributed by atoms with E-state index >= 15 is 0 Å². The first-order valence-corrected chi connectivity index (χ1v) is 8.52. The highest BCUT2D eigenvalue weighted by atomic mass is 35.5. The summed E-state index contributed by atoms with van der Waals surface area (Å²) in [6.45, 7) is 1.32. The van der Waals surface area contributed by atoms with Crippen LogP contribution in [0.4, 0.5) is 5.69 Å². The van der Waals surface area contributed by atoms with E-state index in [1.165, 1.54) is 30.2 Å². The number of benzene rings is 2. The molecule has 1 amide bonds. The van der Waals surface area contributed by atoms with Crippen LogP contribution in [0.3, 0.4) is 0 Å². The molecule has 5 nitrogen and oxygen atoms in total. The first kappa shape index (κ1) is 18.5. The molecule has 0 spiro atoms. The van der Waals surface area contributed by atoms with Crippen LogP contribution >= 0.6 is 34.8 Å². The Hall–Kier alpha value is -2.34. The molecule has 2 aromatic carbocycles. The second-order valence-corrected chi connectivity index (χ2v) is 6.52. The van der Waals surface area contributed by atoms with Crippen LogP contribution in [0.5, 0.6) is 0 Å². The van der Waals surface area contributed by atoms with Gasteiger partial charge in [-0.15, -0.1) is 0 Å². The topological polar surface area (TPSA) is 59.0 Å². The van der Waals surface area contributed by atoms with Crippen molar-refractivity contribution in [2.75, 3.05) is 4.90 Å². The lowest BCUT2D eigenvalue weighted by atomic mass is 10.2. The maximum absolute atomic E-state index is 12.1. The molecule has 8 heteroatoms. The molecular formula is C18H11Cl3N2O3. The molecule has 0 N–H and O–H groups in total. The molecule has 0 radical (unpaired) electrons. The number of hydrogen-bond donors (Lipinski definition) is 0. The summed E-state index contributed by atoms with van der Waals surface area (Å²) in [6, 6.07) is 11.8. The highest BCUT2D eigenvalue weighted by molar-refractivity contribution is 6.44. The van der Waals surface area contributed by atoms with Crippen molar-refractivity contribution in [2.24, 2.45) is 4.99 Å². The number of nitrogens with zero attached hydrogens (tertiary/aromatic N) is 2. The zero-order valence-corrected chi connectivity index (χ0v) is 15.6. The summed E-state index contributed by atoms with van der Waals surface area (Å²) in [5, 5.41) is 0.671. The summed E-state index contributed by atoms with van der Waals surface area (Å²) < 4.78 is 5.17. The number of halogens is 3. The van der Waals surface area contributed by atoms with Gasteiger partial charge >= 0.3 is 5.97 Å². The summed E-state index contributed by atoms with van der Waals surface area (Å²) in [5.41, 5.74) is 0.879. The van der Waals surface area contributed by atoms with E-state index in [-0.39, 0.29) is 32.4 Å². The Kier molecular flexibility index (Phi) is 5.32. The lowest BCUT2D eigenvalue weighted by Gasteiger charge is -2.18. The van der Waals surface area contributed by atoms with Crippen LogP contribution in [-0.2, 0) is 14.3 Å². The van der Waals surface area contributed by atoms with E-state index in [2.05, 4.69) is 4.99 Å². The van der Waals surface area contributed by atoms with Gasteiger partial charge in [0.15, 0.2) is 5.70 Å². The van der Waals surface area contributed by atoms with E-state index in [4.69, 9.17) is 39.5 Å². The fourth-order valence-electron chi connectivity index (χ4n) is 2.25. The fraction of sp³-hybridized carbons (Fsp3) is 0.0556. The number of ether oxygens (including phenoxy) is 1. The lowest BCUT2D eigenvalue weighted by molar-refractivity contribution is -0.130. The van der Waals surface area contributed by atoms with Gasteiger partial charge in [-0.1, -0.05) is 53.0 Å². The predicted octanol–water partition coefficient (Wildman–Crippen LogP) is 4.84. The van der Waals surface area contributed by atoms with Crippen LogP contribution in [0.1, 0.15) is 12.5 Å². The average Bonchev–Trinajstić information content (AvgIpc) is 2.97. The highest BCUT2D eigenvalue weighted by Gasteiger charge is 2.26. The predicted molar refractivity (Wildman–Crippen MR) is 102 cm³/mol. The SMILES string of the molecule is CC(=O)N(C=C1N=C(c2ccccc2)OC1=O)c1cc(Cl)c(Cl)cc1Cl. The molecule has 2 aromatic rings. The fourth-order valence-corrected chi connectivity index (χ4v) is 2.88. The van der Waals surface area contributed by atoms with Crippen molar-refractivity contribution >= 4 is 58.3 Å². The third-order valence-electron chi connectivity index (χ3n) is 3.48. The Bertz CT molecular complexity index is 956. The van der Waals surface area contributed by atoms with E-state index in [1.54, 1.807) is 24.3 Å². The molecule has 1 heterocycles. The van der Waals surface area contributed by atoms with Gasteiger partial charge in [0.1, 0.15) is 0 Å². The van der Waals surface area contributed by atoms with Crippen molar-refractivity contribution in [1.29, 1.82) is 0 Å². The van der Waals surface area contributed by atoms with Crippen molar-refractivity contribution in [3.8, 4) is 0 Å². The Labute approximate surface area is 164 Å². The summed E-state index contributed by atoms with van der Waals surface area (Å²) >= 11 is 18.1. The second-order valence-electron chi connectivity index (χ2n) is 5.29. The van der Waals surface area contributed by atoms with E-state index in [0.29, 0.717) is 5.56 Å². The number of carbonyl (C=O) groups excluding carboxylic acids is 2. The molecule has 0 unspecified atom stereocenters. The third-order valence-corrected chi connectivity index (χ3v) is 4.51. The Morgan fingerprint density at radius 1 is 1.08 bits per heavy atom. The third kappa shape index (κ3) is 3.75. The first-order valence-electron chi connectivity index (χ1n) is 7.39. The van der Waals surface area contributed by atoms with Gasteiger partial charge in [-0.05, 0) is 24.3 Å². The van der Waals surface area contributed by atoms with E-state index in [1.807, 2.05) is 6.07 Å². The monoisotopic (exact) mass is 408 g/mol. The number of esters is 1. The molecule has 0 atom stereocenters. The van der Waals surface area contributed by atoms with Crippen LogP contribution in [0.25, 0.3) is 0 Å². The van der Waals surface area contributed by atoms with Gasteiger partial charge in [-0.3, -0.25) is 9.69 Å². The first-order chi connectivity index (χ1) is 12.4. The van der Waals surface area contributed by atoms with Crippen molar-refractivity contribution in [3.63, 3.8) is 0 Å². The molecule has 0 bridgehead atoms. The number of aliphatic imine (C=N–C) groups is 1. The molecule has 0 saturated heterocycles. The molecule has 132 valence electrons.